The molecule has 0 aliphatic heterocycles. The highest BCUT2D eigenvalue weighted by Crippen LogP contribution is 2.21. The Morgan fingerprint density at radius 2 is 1.71 bits per heavy atom. The number of aliphatic hydroxyl groups is 1. The Balaban J connectivity index is 0.000000690. The van der Waals surface area contributed by atoms with E-state index in [0.29, 0.717) is 6.54 Å². The molecule has 0 aliphatic rings. The zero-order chi connectivity index (χ0) is 16.8. The summed E-state index contributed by atoms with van der Waals surface area (Å²) in [6.07, 6.45) is -0.543. The van der Waals surface area contributed by atoms with Crippen molar-refractivity contribution in [2.75, 3.05) is 6.54 Å². The highest BCUT2D eigenvalue weighted by molar-refractivity contribution is 7.79. The fraction of sp³-hybridized carbons (Fsp3) is 0.538. The summed E-state index contributed by atoms with van der Waals surface area (Å²) < 4.78 is 31.6. The molecule has 0 spiro atoms. The molecular weight excluding hydrogens is 298 g/mol. The van der Waals surface area contributed by atoms with Gasteiger partial charge in [0.15, 0.2) is 0 Å². The van der Waals surface area contributed by atoms with Crippen molar-refractivity contribution in [3.8, 4) is 5.75 Å². The number of hydrogen-bond acceptors (Lipinski definition) is 5. The highest BCUT2D eigenvalue weighted by atomic mass is 32.3. The lowest BCUT2D eigenvalue weighted by Gasteiger charge is -2.23. The molecule has 1 aromatic rings. The van der Waals surface area contributed by atoms with Gasteiger partial charge in [-0.3, -0.25) is 9.11 Å². The Bertz CT molecular complexity index is 542. The van der Waals surface area contributed by atoms with Crippen molar-refractivity contribution in [3.05, 3.63) is 29.3 Å². The van der Waals surface area contributed by atoms with Crippen LogP contribution >= 0.6 is 0 Å². The highest BCUT2D eigenvalue weighted by Gasteiger charge is 2.14. The van der Waals surface area contributed by atoms with Gasteiger partial charge >= 0.3 is 10.4 Å². The Morgan fingerprint density at radius 3 is 2.10 bits per heavy atom. The van der Waals surface area contributed by atoms with Gasteiger partial charge < -0.3 is 15.5 Å². The molecule has 0 bridgehead atoms. The van der Waals surface area contributed by atoms with E-state index in [2.05, 4.69) is 26.1 Å². The van der Waals surface area contributed by atoms with Crippen LogP contribution < -0.4 is 5.32 Å². The zero-order valence-corrected chi connectivity index (χ0v) is 13.3. The predicted molar refractivity (Wildman–Crippen MR) is 79.7 cm³/mol. The summed E-state index contributed by atoms with van der Waals surface area (Å²) in [7, 11) is -4.67. The predicted octanol–water partition coefficient (Wildman–Crippen LogP) is 1.47. The van der Waals surface area contributed by atoms with Gasteiger partial charge in [0.1, 0.15) is 5.75 Å². The Labute approximate surface area is 125 Å². The van der Waals surface area contributed by atoms with Crippen molar-refractivity contribution in [2.24, 2.45) is 0 Å². The lowest BCUT2D eigenvalue weighted by molar-refractivity contribution is 0.163. The van der Waals surface area contributed by atoms with Gasteiger partial charge in [-0.25, -0.2) is 0 Å². The van der Waals surface area contributed by atoms with Crippen LogP contribution in [0.2, 0.25) is 0 Å². The van der Waals surface area contributed by atoms with Crippen LogP contribution in [0.15, 0.2) is 18.2 Å². The number of aliphatic hydroxyl groups excluding tert-OH is 1. The number of nitrogens with one attached hydrogen (secondary N) is 1. The lowest BCUT2D eigenvalue weighted by Crippen LogP contribution is -2.38. The van der Waals surface area contributed by atoms with E-state index in [1.807, 2.05) is 13.0 Å². The minimum atomic E-state index is -4.67. The second-order valence-electron chi connectivity index (χ2n) is 5.64. The van der Waals surface area contributed by atoms with Crippen molar-refractivity contribution < 1.29 is 27.7 Å². The maximum Gasteiger partial charge on any atom is 0.394 e. The van der Waals surface area contributed by atoms with E-state index < -0.39 is 16.5 Å². The third kappa shape index (κ3) is 11.2. The van der Waals surface area contributed by atoms with Crippen LogP contribution in [0.4, 0.5) is 0 Å². The number of aromatic hydroxyl groups is 1. The summed E-state index contributed by atoms with van der Waals surface area (Å²) in [5, 5.41) is 22.6. The number of β-amino-alcohol motifs (C(OH)–C–C–N with tert-alkyl or cyclic N) is 1. The number of benzene rings is 1. The summed E-state index contributed by atoms with van der Waals surface area (Å²) in [5.41, 5.74) is 1.60. The first-order chi connectivity index (χ1) is 9.29. The molecule has 8 heteroatoms. The monoisotopic (exact) mass is 321 g/mol. The van der Waals surface area contributed by atoms with E-state index in [4.69, 9.17) is 17.5 Å². The second-order valence-corrected chi connectivity index (χ2v) is 6.54. The van der Waals surface area contributed by atoms with Crippen LogP contribution in [0.1, 0.15) is 38.0 Å². The molecule has 5 N–H and O–H groups in total. The van der Waals surface area contributed by atoms with Crippen molar-refractivity contribution >= 4 is 10.4 Å². The van der Waals surface area contributed by atoms with Crippen molar-refractivity contribution in [1.82, 2.24) is 5.32 Å². The van der Waals surface area contributed by atoms with Crippen LogP contribution in [0.25, 0.3) is 0 Å². The summed E-state index contributed by atoms with van der Waals surface area (Å²) >= 11 is 0. The average molecular weight is 321 g/mol. The SMILES string of the molecule is Cc1cc(C(O)CNC(C)(C)C)ccc1O.O=S(=O)(O)O. The Hall–Kier alpha value is -1.19. The summed E-state index contributed by atoms with van der Waals surface area (Å²) in [4.78, 5) is 0. The maximum atomic E-state index is 9.96. The van der Waals surface area contributed by atoms with E-state index >= 15 is 0 Å². The normalized spacial score (nSPS) is 13.3. The van der Waals surface area contributed by atoms with E-state index in [0.717, 1.165) is 11.1 Å². The molecule has 7 nitrogen and oxygen atoms in total. The van der Waals surface area contributed by atoms with Crippen LogP contribution in [0.3, 0.4) is 0 Å². The molecule has 0 heterocycles. The molecule has 0 aromatic heterocycles. The average Bonchev–Trinajstić information content (AvgIpc) is 2.26. The molecule has 0 amide bonds. The molecule has 1 atom stereocenters. The van der Waals surface area contributed by atoms with Crippen molar-refractivity contribution in [2.45, 2.75) is 39.3 Å². The number of phenols is 1. The van der Waals surface area contributed by atoms with E-state index in [9.17, 15) is 10.2 Å². The van der Waals surface area contributed by atoms with Gasteiger partial charge in [-0.05, 0) is 51.0 Å². The molecule has 1 aromatic carbocycles. The van der Waals surface area contributed by atoms with Gasteiger partial charge in [-0.15, -0.1) is 0 Å². The molecule has 21 heavy (non-hydrogen) atoms. The Morgan fingerprint density at radius 1 is 1.24 bits per heavy atom. The fourth-order valence-corrected chi connectivity index (χ4v) is 1.41. The van der Waals surface area contributed by atoms with E-state index in [1.54, 1.807) is 12.1 Å². The number of phenolic OH excluding ortho intramolecular Hbond substituents is 1. The van der Waals surface area contributed by atoms with E-state index in [1.165, 1.54) is 0 Å². The molecule has 1 unspecified atom stereocenters. The van der Waals surface area contributed by atoms with Gasteiger partial charge in [0, 0.05) is 12.1 Å². The zero-order valence-electron chi connectivity index (χ0n) is 12.5. The standard InChI is InChI=1S/C13H21NO2.H2O4S/c1-9-7-10(5-6-11(9)15)12(16)8-14-13(2,3)4;1-5(2,3)4/h5-7,12,14-16H,8H2,1-4H3;(H2,1,2,3,4). The van der Waals surface area contributed by atoms with Crippen molar-refractivity contribution in [1.29, 1.82) is 0 Å². The third-order valence-electron chi connectivity index (χ3n) is 2.43. The molecular formula is C13H23NO6S. The van der Waals surface area contributed by atoms with Crippen LogP contribution in [-0.2, 0) is 10.4 Å². The van der Waals surface area contributed by atoms with Gasteiger partial charge in [-0.1, -0.05) is 6.07 Å². The molecule has 0 aliphatic carbocycles. The van der Waals surface area contributed by atoms with Gasteiger partial charge in [0.25, 0.3) is 0 Å². The number of aryl methyl sites for hydroxylation is 1. The molecule has 0 saturated heterocycles. The third-order valence-corrected chi connectivity index (χ3v) is 2.43. The van der Waals surface area contributed by atoms with Crippen LogP contribution in [-0.4, -0.2) is 39.8 Å². The molecule has 122 valence electrons. The quantitative estimate of drug-likeness (QED) is 0.533. The van der Waals surface area contributed by atoms with Gasteiger partial charge in [0.05, 0.1) is 6.10 Å². The fourth-order valence-electron chi connectivity index (χ4n) is 1.41. The molecule has 1 rings (SSSR count). The topological polar surface area (TPSA) is 127 Å². The van der Waals surface area contributed by atoms with Gasteiger partial charge in [-0.2, -0.15) is 8.42 Å². The smallest absolute Gasteiger partial charge is 0.394 e. The molecule has 0 saturated carbocycles. The summed E-state index contributed by atoms with van der Waals surface area (Å²) in [5.74, 6) is 0.264. The first kappa shape index (κ1) is 19.8. The lowest BCUT2D eigenvalue weighted by atomic mass is 10.0. The minimum Gasteiger partial charge on any atom is -0.508 e. The molecule has 0 fully saturated rings. The number of hydrogen-bond donors (Lipinski definition) is 5. The van der Waals surface area contributed by atoms with Crippen molar-refractivity contribution in [3.63, 3.8) is 0 Å². The maximum absolute atomic E-state index is 9.96. The largest absolute Gasteiger partial charge is 0.508 e. The van der Waals surface area contributed by atoms with Gasteiger partial charge in [0.2, 0.25) is 0 Å². The van der Waals surface area contributed by atoms with Crippen LogP contribution in [0.5, 0.6) is 5.75 Å². The first-order valence-electron chi connectivity index (χ1n) is 6.22. The number of rotatable bonds is 3. The summed E-state index contributed by atoms with van der Waals surface area (Å²) in [6.45, 7) is 8.50. The second kappa shape index (κ2) is 7.71. The molecule has 0 radical (unpaired) electrons. The first-order valence-corrected chi connectivity index (χ1v) is 7.62. The Kier molecular flexibility index (Phi) is 7.28. The van der Waals surface area contributed by atoms with E-state index in [-0.39, 0.29) is 11.3 Å². The summed E-state index contributed by atoms with van der Waals surface area (Å²) in [6, 6.07) is 5.17. The van der Waals surface area contributed by atoms with Crippen LogP contribution in [0, 0.1) is 6.92 Å². The minimum absolute atomic E-state index is 0.00700.